The lowest BCUT2D eigenvalue weighted by Gasteiger charge is -2.37. The summed E-state index contributed by atoms with van der Waals surface area (Å²) in [6.07, 6.45) is 12.4. The molecule has 3 rings (SSSR count). The van der Waals surface area contributed by atoms with Gasteiger partial charge in [0.25, 0.3) is 0 Å². The van der Waals surface area contributed by atoms with E-state index in [1.165, 1.54) is 44.9 Å². The van der Waals surface area contributed by atoms with Crippen molar-refractivity contribution in [3.05, 3.63) is 11.6 Å². The van der Waals surface area contributed by atoms with Crippen molar-refractivity contribution in [3.8, 4) is 0 Å². The summed E-state index contributed by atoms with van der Waals surface area (Å²) in [7, 11) is 0. The summed E-state index contributed by atoms with van der Waals surface area (Å²) >= 11 is 0. The smallest absolute Gasteiger partial charge is 0.131 e. The molecule has 0 aromatic heterocycles. The summed E-state index contributed by atoms with van der Waals surface area (Å²) < 4.78 is 26.9. The van der Waals surface area contributed by atoms with Crippen LogP contribution in [0, 0.1) is 23.7 Å². The number of hydrogen-bond acceptors (Lipinski definition) is 0. The van der Waals surface area contributed by atoms with Gasteiger partial charge in [-0.05, 0) is 87.9 Å². The SMILES string of the molecule is CCC1CCC(C2=CCC(C3CCC(F)C(F)C3)CC2)CC1. The summed E-state index contributed by atoms with van der Waals surface area (Å²) in [5.74, 6) is 2.84. The van der Waals surface area contributed by atoms with Gasteiger partial charge < -0.3 is 0 Å². The molecule has 3 aliphatic rings. The van der Waals surface area contributed by atoms with E-state index >= 15 is 0 Å². The van der Waals surface area contributed by atoms with Crippen LogP contribution in [0.15, 0.2) is 11.6 Å². The number of hydrogen-bond donors (Lipinski definition) is 0. The fourth-order valence-corrected chi connectivity index (χ4v) is 5.15. The minimum absolute atomic E-state index is 0.427. The molecule has 3 aliphatic carbocycles. The minimum atomic E-state index is -1.20. The van der Waals surface area contributed by atoms with Crippen molar-refractivity contribution in [2.45, 2.75) is 89.9 Å². The van der Waals surface area contributed by atoms with Gasteiger partial charge in [-0.15, -0.1) is 0 Å². The van der Waals surface area contributed by atoms with E-state index in [2.05, 4.69) is 13.0 Å². The Morgan fingerprint density at radius 3 is 2.27 bits per heavy atom. The molecule has 2 fully saturated rings. The Morgan fingerprint density at radius 2 is 1.68 bits per heavy atom. The van der Waals surface area contributed by atoms with Crippen LogP contribution in [0.3, 0.4) is 0 Å². The third kappa shape index (κ3) is 3.74. The highest BCUT2D eigenvalue weighted by molar-refractivity contribution is 5.12. The van der Waals surface area contributed by atoms with Crippen molar-refractivity contribution in [3.63, 3.8) is 0 Å². The van der Waals surface area contributed by atoms with Crippen LogP contribution in [0.1, 0.15) is 77.6 Å². The molecule has 0 heterocycles. The van der Waals surface area contributed by atoms with Gasteiger partial charge in [-0.2, -0.15) is 0 Å². The molecule has 0 nitrogen and oxygen atoms in total. The second-order valence-corrected chi connectivity index (χ2v) is 8.04. The number of halogens is 2. The molecule has 0 aromatic carbocycles. The molecule has 0 aromatic rings. The van der Waals surface area contributed by atoms with Crippen molar-refractivity contribution < 1.29 is 8.78 Å². The monoisotopic (exact) mass is 310 g/mol. The molecule has 0 spiro atoms. The second-order valence-electron chi connectivity index (χ2n) is 8.04. The van der Waals surface area contributed by atoms with Crippen LogP contribution in [0.2, 0.25) is 0 Å². The molecule has 2 heteroatoms. The van der Waals surface area contributed by atoms with Gasteiger partial charge in [0.05, 0.1) is 0 Å². The first-order valence-corrected chi connectivity index (χ1v) is 9.64. The van der Waals surface area contributed by atoms with E-state index in [0.717, 1.165) is 24.7 Å². The predicted octanol–water partition coefficient (Wildman–Crippen LogP) is 6.41. The van der Waals surface area contributed by atoms with E-state index in [4.69, 9.17) is 0 Å². The molecule has 4 atom stereocenters. The Kier molecular flexibility index (Phi) is 5.57. The first-order chi connectivity index (χ1) is 10.7. The average Bonchev–Trinajstić information content (AvgIpc) is 2.58. The Morgan fingerprint density at radius 1 is 0.909 bits per heavy atom. The maximum absolute atomic E-state index is 13.6. The standard InChI is InChI=1S/C20H32F2/c1-2-14-3-5-15(6-4-14)16-7-9-17(10-8-16)18-11-12-19(21)20(22)13-18/h7,14-15,17-20H,2-6,8-13H2,1H3. The molecule has 0 amide bonds. The number of allylic oxidation sites excluding steroid dienone is 2. The largest absolute Gasteiger partial charge is 0.244 e. The molecule has 0 radical (unpaired) electrons. The lowest BCUT2D eigenvalue weighted by molar-refractivity contribution is 0.0656. The van der Waals surface area contributed by atoms with Crippen molar-refractivity contribution in [1.82, 2.24) is 0 Å². The van der Waals surface area contributed by atoms with E-state index in [1.807, 2.05) is 0 Å². The first kappa shape index (κ1) is 16.5. The number of alkyl halides is 2. The molecule has 0 N–H and O–H groups in total. The molecule has 4 unspecified atom stereocenters. The van der Waals surface area contributed by atoms with Crippen molar-refractivity contribution in [2.24, 2.45) is 23.7 Å². The average molecular weight is 310 g/mol. The predicted molar refractivity (Wildman–Crippen MR) is 88.3 cm³/mol. The van der Waals surface area contributed by atoms with Crippen LogP contribution in [-0.2, 0) is 0 Å². The Balaban J connectivity index is 1.50. The van der Waals surface area contributed by atoms with Crippen molar-refractivity contribution in [2.75, 3.05) is 0 Å². The fraction of sp³-hybridized carbons (Fsp3) is 0.900. The Bertz CT molecular complexity index is 381. The van der Waals surface area contributed by atoms with Gasteiger partial charge in [-0.1, -0.05) is 25.0 Å². The fourth-order valence-electron chi connectivity index (χ4n) is 5.15. The molecule has 22 heavy (non-hydrogen) atoms. The highest BCUT2D eigenvalue weighted by Crippen LogP contribution is 2.43. The molecule has 0 bridgehead atoms. The van der Waals surface area contributed by atoms with E-state index in [0.29, 0.717) is 24.7 Å². The van der Waals surface area contributed by atoms with Crippen LogP contribution < -0.4 is 0 Å². The quantitative estimate of drug-likeness (QED) is 0.529. The van der Waals surface area contributed by atoms with Crippen LogP contribution in [-0.4, -0.2) is 12.3 Å². The molecular weight excluding hydrogens is 278 g/mol. The topological polar surface area (TPSA) is 0 Å². The van der Waals surface area contributed by atoms with Crippen LogP contribution in [0.5, 0.6) is 0 Å². The van der Waals surface area contributed by atoms with E-state index in [1.54, 1.807) is 5.57 Å². The zero-order valence-electron chi connectivity index (χ0n) is 14.1. The first-order valence-electron chi connectivity index (χ1n) is 9.64. The summed E-state index contributed by atoms with van der Waals surface area (Å²) in [5.41, 5.74) is 1.70. The van der Waals surface area contributed by atoms with E-state index in [-0.39, 0.29) is 0 Å². The lowest BCUT2D eigenvalue weighted by atomic mass is 9.69. The van der Waals surface area contributed by atoms with Crippen LogP contribution in [0.25, 0.3) is 0 Å². The number of rotatable bonds is 3. The molecular formula is C20H32F2. The van der Waals surface area contributed by atoms with Gasteiger partial charge in [0.1, 0.15) is 12.3 Å². The maximum Gasteiger partial charge on any atom is 0.131 e. The normalized spacial score (nSPS) is 43.7. The van der Waals surface area contributed by atoms with Gasteiger partial charge >= 0.3 is 0 Å². The molecule has 0 aliphatic heterocycles. The third-order valence-electron chi connectivity index (χ3n) is 6.84. The Labute approximate surface area is 134 Å². The highest BCUT2D eigenvalue weighted by Gasteiger charge is 2.35. The summed E-state index contributed by atoms with van der Waals surface area (Å²) in [6.45, 7) is 2.32. The van der Waals surface area contributed by atoms with E-state index < -0.39 is 12.3 Å². The summed E-state index contributed by atoms with van der Waals surface area (Å²) in [6, 6.07) is 0. The highest BCUT2D eigenvalue weighted by atomic mass is 19.2. The molecule has 2 saturated carbocycles. The van der Waals surface area contributed by atoms with Gasteiger partial charge in [-0.3, -0.25) is 0 Å². The zero-order chi connectivity index (χ0) is 15.5. The van der Waals surface area contributed by atoms with Crippen molar-refractivity contribution in [1.29, 1.82) is 0 Å². The van der Waals surface area contributed by atoms with Gasteiger partial charge in [-0.25, -0.2) is 8.78 Å². The zero-order valence-corrected chi connectivity index (χ0v) is 14.1. The van der Waals surface area contributed by atoms with Crippen LogP contribution in [0.4, 0.5) is 8.78 Å². The van der Waals surface area contributed by atoms with Gasteiger partial charge in [0.15, 0.2) is 0 Å². The minimum Gasteiger partial charge on any atom is -0.244 e. The molecule has 0 saturated heterocycles. The van der Waals surface area contributed by atoms with E-state index in [9.17, 15) is 8.78 Å². The third-order valence-corrected chi connectivity index (χ3v) is 6.84. The van der Waals surface area contributed by atoms with Gasteiger partial charge in [0.2, 0.25) is 0 Å². The summed E-state index contributed by atoms with van der Waals surface area (Å²) in [5, 5.41) is 0. The molecule has 126 valence electrons. The Hall–Kier alpha value is -0.400. The van der Waals surface area contributed by atoms with Crippen LogP contribution >= 0.6 is 0 Å². The summed E-state index contributed by atoms with van der Waals surface area (Å²) in [4.78, 5) is 0. The maximum atomic E-state index is 13.6. The second kappa shape index (κ2) is 7.45. The van der Waals surface area contributed by atoms with Gasteiger partial charge in [0, 0.05) is 0 Å². The van der Waals surface area contributed by atoms with Crippen molar-refractivity contribution >= 4 is 0 Å². The lowest BCUT2D eigenvalue weighted by Crippen LogP contribution is -2.32.